The van der Waals surface area contributed by atoms with Crippen LogP contribution in [0.25, 0.3) is 0 Å². The van der Waals surface area contributed by atoms with Crippen molar-refractivity contribution in [2.24, 2.45) is 0 Å². The van der Waals surface area contributed by atoms with Crippen molar-refractivity contribution < 1.29 is 14.3 Å². The Balaban J connectivity index is 1.53. The highest BCUT2D eigenvalue weighted by atomic mass is 35.5. The van der Waals surface area contributed by atoms with E-state index in [-0.39, 0.29) is 18.2 Å². The number of piperazine rings is 1. The number of nitrogens with one attached hydrogen (secondary N) is 1. The molecular formula is C22H34ClN3O3. The zero-order valence-corrected chi connectivity index (χ0v) is 18.8. The van der Waals surface area contributed by atoms with Gasteiger partial charge in [-0.25, -0.2) is 4.79 Å². The van der Waals surface area contributed by atoms with Gasteiger partial charge in [0.15, 0.2) is 0 Å². The minimum absolute atomic E-state index is 0.230. The van der Waals surface area contributed by atoms with Crippen molar-refractivity contribution in [1.82, 2.24) is 15.1 Å². The number of hydrogen-bond donors (Lipinski definition) is 1. The molecule has 2 fully saturated rings. The molecule has 0 aliphatic carbocycles. The van der Waals surface area contributed by atoms with Crippen LogP contribution in [0, 0.1) is 0 Å². The topological polar surface area (TPSA) is 54.0 Å². The fraction of sp³-hybridized carbons (Fsp3) is 0.682. The lowest BCUT2D eigenvalue weighted by molar-refractivity contribution is 0.00460. The number of carbonyl (C=O) groups excluding carboxylic acids is 1. The van der Waals surface area contributed by atoms with Gasteiger partial charge in [-0.3, -0.25) is 4.90 Å². The van der Waals surface area contributed by atoms with Crippen LogP contribution in [-0.4, -0.2) is 66.4 Å². The monoisotopic (exact) mass is 423 g/mol. The van der Waals surface area contributed by atoms with Crippen molar-refractivity contribution in [3.63, 3.8) is 0 Å². The van der Waals surface area contributed by atoms with E-state index in [2.05, 4.69) is 23.2 Å². The Morgan fingerprint density at radius 1 is 1.24 bits per heavy atom. The van der Waals surface area contributed by atoms with E-state index >= 15 is 0 Å². The van der Waals surface area contributed by atoms with E-state index in [0.717, 1.165) is 50.3 Å². The Morgan fingerprint density at radius 2 is 1.97 bits per heavy atom. The van der Waals surface area contributed by atoms with Crippen LogP contribution < -0.4 is 10.1 Å². The van der Waals surface area contributed by atoms with Crippen LogP contribution in [0.5, 0.6) is 5.75 Å². The van der Waals surface area contributed by atoms with E-state index in [4.69, 9.17) is 21.1 Å². The average molecular weight is 424 g/mol. The second-order valence-corrected chi connectivity index (χ2v) is 9.49. The third-order valence-electron chi connectivity index (χ3n) is 5.38. The summed E-state index contributed by atoms with van der Waals surface area (Å²) in [5, 5.41) is 4.01. The van der Waals surface area contributed by atoms with Gasteiger partial charge in [0.1, 0.15) is 17.5 Å². The lowest BCUT2D eigenvalue weighted by atomic mass is 10.1. The maximum atomic E-state index is 12.3. The molecule has 0 saturated carbocycles. The summed E-state index contributed by atoms with van der Waals surface area (Å²) in [5.74, 6) is 0.769. The number of nitrogens with zero attached hydrogens (tertiary/aromatic N) is 2. The van der Waals surface area contributed by atoms with Crippen molar-refractivity contribution in [3.05, 3.63) is 28.8 Å². The molecule has 6 nitrogen and oxygen atoms in total. The molecule has 3 rings (SSSR count). The first-order valence-electron chi connectivity index (χ1n) is 10.6. The van der Waals surface area contributed by atoms with Gasteiger partial charge in [-0.1, -0.05) is 17.7 Å². The summed E-state index contributed by atoms with van der Waals surface area (Å²) in [4.78, 5) is 16.5. The number of rotatable bonds is 4. The molecule has 2 aliphatic rings. The van der Waals surface area contributed by atoms with Gasteiger partial charge in [0.25, 0.3) is 0 Å². The number of piperidine rings is 1. The standard InChI is InChI=1S/C22H34ClN3O3/c1-16-14-26(21(27)29-22(2,3)4)12-11-25(16)15-17-5-6-20(19(23)13-17)28-18-7-9-24-10-8-18/h5-6,13,16,18,24H,7-12,14-15H2,1-4H3. The third kappa shape index (κ3) is 6.49. The van der Waals surface area contributed by atoms with Crippen LogP contribution >= 0.6 is 11.6 Å². The van der Waals surface area contributed by atoms with Crippen molar-refractivity contribution in [2.45, 2.75) is 64.8 Å². The third-order valence-corrected chi connectivity index (χ3v) is 5.67. The molecule has 1 unspecified atom stereocenters. The summed E-state index contributed by atoms with van der Waals surface area (Å²) in [6.45, 7) is 12.8. The highest BCUT2D eigenvalue weighted by Gasteiger charge is 2.29. The van der Waals surface area contributed by atoms with Gasteiger partial charge in [-0.15, -0.1) is 0 Å². The van der Waals surface area contributed by atoms with Gasteiger partial charge in [0, 0.05) is 32.2 Å². The van der Waals surface area contributed by atoms with E-state index in [1.54, 1.807) is 4.90 Å². The Morgan fingerprint density at radius 3 is 2.59 bits per heavy atom. The molecule has 29 heavy (non-hydrogen) atoms. The van der Waals surface area contributed by atoms with Gasteiger partial charge in [0.05, 0.1) is 5.02 Å². The molecule has 1 aromatic carbocycles. The van der Waals surface area contributed by atoms with Crippen LogP contribution in [0.2, 0.25) is 5.02 Å². The van der Waals surface area contributed by atoms with Gasteiger partial charge in [0.2, 0.25) is 0 Å². The Bertz CT molecular complexity index is 701. The molecule has 2 aliphatic heterocycles. The van der Waals surface area contributed by atoms with E-state index < -0.39 is 5.60 Å². The predicted octanol–water partition coefficient (Wildman–Crippen LogP) is 3.91. The average Bonchev–Trinajstić information content (AvgIpc) is 2.65. The molecule has 7 heteroatoms. The lowest BCUT2D eigenvalue weighted by Crippen LogP contribution is -2.54. The molecular weight excluding hydrogens is 390 g/mol. The van der Waals surface area contributed by atoms with Crippen LogP contribution in [0.3, 0.4) is 0 Å². The first-order chi connectivity index (χ1) is 13.7. The van der Waals surface area contributed by atoms with Crippen LogP contribution in [0.4, 0.5) is 4.79 Å². The summed E-state index contributed by atoms with van der Waals surface area (Å²) < 4.78 is 11.6. The zero-order chi connectivity index (χ0) is 21.0. The molecule has 162 valence electrons. The lowest BCUT2D eigenvalue weighted by Gasteiger charge is -2.40. The molecule has 1 aromatic rings. The summed E-state index contributed by atoms with van der Waals surface area (Å²) in [6.07, 6.45) is 2.03. The van der Waals surface area contributed by atoms with Crippen LogP contribution in [-0.2, 0) is 11.3 Å². The molecule has 1 amide bonds. The Kier molecular flexibility index (Phi) is 7.30. The highest BCUT2D eigenvalue weighted by molar-refractivity contribution is 6.32. The molecule has 2 heterocycles. The molecule has 0 bridgehead atoms. The first kappa shape index (κ1) is 22.2. The molecule has 2 saturated heterocycles. The van der Waals surface area contributed by atoms with Crippen molar-refractivity contribution in [1.29, 1.82) is 0 Å². The summed E-state index contributed by atoms with van der Waals surface area (Å²) >= 11 is 6.50. The number of amides is 1. The molecule has 1 N–H and O–H groups in total. The molecule has 0 aromatic heterocycles. The van der Waals surface area contributed by atoms with Crippen LogP contribution in [0.1, 0.15) is 46.1 Å². The van der Waals surface area contributed by atoms with E-state index in [0.29, 0.717) is 18.1 Å². The normalized spacial score (nSPS) is 21.8. The minimum atomic E-state index is -0.466. The quantitative estimate of drug-likeness (QED) is 0.795. The second-order valence-electron chi connectivity index (χ2n) is 9.08. The number of ether oxygens (including phenoxy) is 2. The van der Waals surface area contributed by atoms with Crippen LogP contribution in [0.15, 0.2) is 18.2 Å². The first-order valence-corrected chi connectivity index (χ1v) is 11.0. The molecule has 0 spiro atoms. The summed E-state index contributed by atoms with van der Waals surface area (Å²) in [5.41, 5.74) is 0.692. The van der Waals surface area contributed by atoms with E-state index in [1.165, 1.54) is 0 Å². The smallest absolute Gasteiger partial charge is 0.410 e. The fourth-order valence-corrected chi connectivity index (χ4v) is 4.04. The zero-order valence-electron chi connectivity index (χ0n) is 18.0. The second kappa shape index (κ2) is 9.54. The number of benzene rings is 1. The van der Waals surface area contributed by atoms with Gasteiger partial charge in [-0.2, -0.15) is 0 Å². The van der Waals surface area contributed by atoms with Crippen molar-refractivity contribution in [2.75, 3.05) is 32.7 Å². The SMILES string of the molecule is CC1CN(C(=O)OC(C)(C)C)CCN1Cc1ccc(OC2CCNCC2)c(Cl)c1. The van der Waals surface area contributed by atoms with Crippen molar-refractivity contribution in [3.8, 4) is 5.75 Å². The molecule has 1 atom stereocenters. The number of halogens is 1. The summed E-state index contributed by atoms with van der Waals surface area (Å²) in [7, 11) is 0. The summed E-state index contributed by atoms with van der Waals surface area (Å²) in [6, 6.07) is 6.34. The Hall–Kier alpha value is -1.50. The van der Waals surface area contributed by atoms with E-state index in [9.17, 15) is 4.79 Å². The highest BCUT2D eigenvalue weighted by Crippen LogP contribution is 2.29. The van der Waals surface area contributed by atoms with E-state index in [1.807, 2.05) is 32.9 Å². The fourth-order valence-electron chi connectivity index (χ4n) is 3.79. The van der Waals surface area contributed by atoms with Gasteiger partial charge in [-0.05, 0) is 71.3 Å². The maximum Gasteiger partial charge on any atom is 0.410 e. The van der Waals surface area contributed by atoms with Gasteiger partial charge < -0.3 is 19.7 Å². The van der Waals surface area contributed by atoms with Crippen molar-refractivity contribution >= 4 is 17.7 Å². The largest absolute Gasteiger partial charge is 0.489 e. The number of carbonyl (C=O) groups is 1. The maximum absolute atomic E-state index is 12.3. The van der Waals surface area contributed by atoms with Gasteiger partial charge >= 0.3 is 6.09 Å². The number of hydrogen-bond acceptors (Lipinski definition) is 5. The predicted molar refractivity (Wildman–Crippen MR) is 116 cm³/mol. The molecule has 0 radical (unpaired) electrons. The Labute approximate surface area is 179 Å². The minimum Gasteiger partial charge on any atom is -0.489 e.